The zero-order valence-electron chi connectivity index (χ0n) is 9.07. The van der Waals surface area contributed by atoms with E-state index < -0.39 is 6.04 Å². The highest BCUT2D eigenvalue weighted by Gasteiger charge is 2.15. The largest absolute Gasteiger partial charge is 0.322 e. The molecule has 1 aromatic carbocycles. The number of amides is 2. The number of hydrogen-bond acceptors (Lipinski definition) is 2. The van der Waals surface area contributed by atoms with Gasteiger partial charge in [0.25, 0.3) is 0 Å². The summed E-state index contributed by atoms with van der Waals surface area (Å²) in [6.07, 6.45) is 0. The average Bonchev–Trinajstić information content (AvgIpc) is 2.30. The highest BCUT2D eigenvalue weighted by atomic mass is 35.5. The molecule has 84 valence electrons. The number of carbonyl (C=O) groups is 1. The molecule has 1 aromatic rings. The summed E-state index contributed by atoms with van der Waals surface area (Å²) in [6.45, 7) is 1.65. The third kappa shape index (κ3) is 2.88. The lowest BCUT2D eigenvalue weighted by atomic mass is 10.3. The number of para-hydroxylation sites is 1. The second-order valence-corrected chi connectivity index (χ2v) is 3.73. The fraction of sp³-hybridized carbons (Fsp3) is 0.273. The molecule has 0 aliphatic carbocycles. The maximum absolute atomic E-state index is 11.7. The van der Waals surface area contributed by atoms with Crippen molar-refractivity contribution in [1.29, 1.82) is 5.26 Å². The molecule has 1 unspecified atom stereocenters. The quantitative estimate of drug-likeness (QED) is 0.860. The minimum absolute atomic E-state index is 0.359. The number of halogens is 1. The van der Waals surface area contributed by atoms with E-state index in [1.54, 1.807) is 38.2 Å². The Labute approximate surface area is 99.4 Å². The summed E-state index contributed by atoms with van der Waals surface area (Å²) < 4.78 is 0. The number of nitrogens with one attached hydrogen (secondary N) is 1. The first kappa shape index (κ1) is 12.3. The smallest absolute Gasteiger partial charge is 0.312 e. The number of hydrogen-bond donors (Lipinski definition) is 1. The van der Waals surface area contributed by atoms with Gasteiger partial charge in [0.05, 0.1) is 16.8 Å². The molecule has 0 fully saturated rings. The maximum atomic E-state index is 11.7. The van der Waals surface area contributed by atoms with Crippen LogP contribution in [0.25, 0.3) is 0 Å². The van der Waals surface area contributed by atoms with Crippen molar-refractivity contribution < 1.29 is 4.79 Å². The van der Waals surface area contributed by atoms with Crippen molar-refractivity contribution in [2.45, 2.75) is 13.0 Å². The van der Waals surface area contributed by atoms with Crippen molar-refractivity contribution in [1.82, 2.24) is 4.90 Å². The van der Waals surface area contributed by atoms with Crippen LogP contribution in [0.5, 0.6) is 0 Å². The molecule has 1 rings (SSSR count). The molecule has 0 aliphatic rings. The Kier molecular flexibility index (Phi) is 4.15. The van der Waals surface area contributed by atoms with Crippen LogP contribution < -0.4 is 5.32 Å². The zero-order valence-corrected chi connectivity index (χ0v) is 9.82. The standard InChI is InChI=1S/C11H12ClN3O/c1-8(7-13)15(2)11(16)14-10-6-4-3-5-9(10)12/h3-6,8H,1-2H3,(H,14,16). The first-order valence-electron chi connectivity index (χ1n) is 4.74. The Balaban J connectivity index is 2.73. The summed E-state index contributed by atoms with van der Waals surface area (Å²) in [5, 5.41) is 11.8. The van der Waals surface area contributed by atoms with Crippen LogP contribution in [0.15, 0.2) is 24.3 Å². The van der Waals surface area contributed by atoms with Crippen LogP contribution in [-0.2, 0) is 0 Å². The summed E-state index contributed by atoms with van der Waals surface area (Å²) in [6, 6.07) is 8.07. The Morgan fingerprint density at radius 2 is 2.19 bits per heavy atom. The minimum atomic E-state index is -0.484. The molecular formula is C11H12ClN3O. The number of rotatable bonds is 2. The summed E-state index contributed by atoms with van der Waals surface area (Å²) in [4.78, 5) is 13.0. The van der Waals surface area contributed by atoms with Gasteiger partial charge in [0.2, 0.25) is 0 Å². The minimum Gasteiger partial charge on any atom is -0.312 e. The molecule has 1 N–H and O–H groups in total. The molecule has 0 aromatic heterocycles. The number of benzene rings is 1. The predicted molar refractivity (Wildman–Crippen MR) is 63.3 cm³/mol. The number of nitrogens with zero attached hydrogens (tertiary/aromatic N) is 2. The Hall–Kier alpha value is -1.73. The van der Waals surface area contributed by atoms with E-state index in [2.05, 4.69) is 5.32 Å². The maximum Gasteiger partial charge on any atom is 0.322 e. The van der Waals surface area contributed by atoms with Crippen LogP contribution >= 0.6 is 11.6 Å². The van der Waals surface area contributed by atoms with E-state index in [4.69, 9.17) is 16.9 Å². The summed E-state index contributed by atoms with van der Waals surface area (Å²) in [5.74, 6) is 0. The monoisotopic (exact) mass is 237 g/mol. The second-order valence-electron chi connectivity index (χ2n) is 3.33. The molecule has 0 spiro atoms. The lowest BCUT2D eigenvalue weighted by Crippen LogP contribution is -2.37. The van der Waals surface area contributed by atoms with Crippen LogP contribution in [0.2, 0.25) is 5.02 Å². The van der Waals surface area contributed by atoms with Crippen molar-refractivity contribution in [3.8, 4) is 6.07 Å². The lowest BCUT2D eigenvalue weighted by molar-refractivity contribution is 0.217. The van der Waals surface area contributed by atoms with Gasteiger partial charge >= 0.3 is 6.03 Å². The van der Waals surface area contributed by atoms with Crippen LogP contribution in [0.3, 0.4) is 0 Å². The summed E-state index contributed by atoms with van der Waals surface area (Å²) in [5.41, 5.74) is 0.533. The molecule has 2 amide bonds. The summed E-state index contributed by atoms with van der Waals surface area (Å²) in [7, 11) is 1.56. The van der Waals surface area contributed by atoms with Crippen LogP contribution in [0.4, 0.5) is 10.5 Å². The van der Waals surface area contributed by atoms with Gasteiger partial charge in [0, 0.05) is 7.05 Å². The Morgan fingerprint density at radius 1 is 1.56 bits per heavy atom. The van der Waals surface area contributed by atoms with Crippen molar-refractivity contribution in [3.63, 3.8) is 0 Å². The second kappa shape index (κ2) is 5.38. The molecule has 16 heavy (non-hydrogen) atoms. The molecule has 0 aliphatic heterocycles. The van der Waals surface area contributed by atoms with Crippen molar-refractivity contribution in [2.75, 3.05) is 12.4 Å². The topological polar surface area (TPSA) is 56.1 Å². The number of anilines is 1. The third-order valence-electron chi connectivity index (χ3n) is 2.20. The number of nitriles is 1. The van der Waals surface area contributed by atoms with Crippen molar-refractivity contribution in [3.05, 3.63) is 29.3 Å². The fourth-order valence-corrected chi connectivity index (χ4v) is 1.21. The van der Waals surface area contributed by atoms with Gasteiger partial charge in [-0.15, -0.1) is 0 Å². The molecule has 0 bridgehead atoms. The molecule has 5 heteroatoms. The van der Waals surface area contributed by atoms with Gasteiger partial charge in [-0.2, -0.15) is 5.26 Å². The van der Waals surface area contributed by atoms with Gasteiger partial charge in [-0.05, 0) is 19.1 Å². The van der Waals surface area contributed by atoms with E-state index in [0.717, 1.165) is 0 Å². The molecule has 0 saturated carbocycles. The number of carbonyl (C=O) groups excluding carboxylic acids is 1. The first-order valence-corrected chi connectivity index (χ1v) is 5.12. The van der Waals surface area contributed by atoms with Crippen LogP contribution in [0.1, 0.15) is 6.92 Å². The van der Waals surface area contributed by atoms with Gasteiger partial charge in [-0.25, -0.2) is 4.79 Å². The molecule has 0 saturated heterocycles. The average molecular weight is 238 g/mol. The highest BCUT2D eigenvalue weighted by Crippen LogP contribution is 2.20. The van der Waals surface area contributed by atoms with E-state index in [1.165, 1.54) is 4.90 Å². The van der Waals surface area contributed by atoms with E-state index in [9.17, 15) is 4.79 Å². The Morgan fingerprint density at radius 3 is 2.75 bits per heavy atom. The first-order chi connectivity index (χ1) is 7.56. The van der Waals surface area contributed by atoms with Crippen molar-refractivity contribution >= 4 is 23.3 Å². The molecule has 0 radical (unpaired) electrons. The molecule has 0 heterocycles. The van der Waals surface area contributed by atoms with Crippen LogP contribution in [0, 0.1) is 11.3 Å². The van der Waals surface area contributed by atoms with Gasteiger partial charge < -0.3 is 10.2 Å². The van der Waals surface area contributed by atoms with E-state index >= 15 is 0 Å². The molecular weight excluding hydrogens is 226 g/mol. The van der Waals surface area contributed by atoms with E-state index in [1.807, 2.05) is 6.07 Å². The van der Waals surface area contributed by atoms with Gasteiger partial charge in [0.15, 0.2) is 0 Å². The Bertz CT molecular complexity index is 427. The van der Waals surface area contributed by atoms with Crippen molar-refractivity contribution in [2.24, 2.45) is 0 Å². The predicted octanol–water partition coefficient (Wildman–Crippen LogP) is 2.72. The SMILES string of the molecule is CC(C#N)N(C)C(=O)Nc1ccccc1Cl. The van der Waals surface area contributed by atoms with Gasteiger partial charge in [-0.1, -0.05) is 23.7 Å². The fourth-order valence-electron chi connectivity index (χ4n) is 1.03. The van der Waals surface area contributed by atoms with Gasteiger partial charge in [0.1, 0.15) is 6.04 Å². The third-order valence-corrected chi connectivity index (χ3v) is 2.53. The van der Waals surface area contributed by atoms with Gasteiger partial charge in [-0.3, -0.25) is 0 Å². The molecule has 4 nitrogen and oxygen atoms in total. The number of urea groups is 1. The zero-order chi connectivity index (χ0) is 12.1. The van der Waals surface area contributed by atoms with E-state index in [0.29, 0.717) is 10.7 Å². The summed E-state index contributed by atoms with van der Waals surface area (Å²) >= 11 is 5.89. The normalized spacial score (nSPS) is 11.4. The van der Waals surface area contributed by atoms with Crippen LogP contribution in [-0.4, -0.2) is 24.0 Å². The highest BCUT2D eigenvalue weighted by molar-refractivity contribution is 6.33. The van der Waals surface area contributed by atoms with E-state index in [-0.39, 0.29) is 6.03 Å². The molecule has 1 atom stereocenters. The lowest BCUT2D eigenvalue weighted by Gasteiger charge is -2.20.